The number of oxazole rings is 1. The highest BCUT2D eigenvalue weighted by atomic mass is 19.1. The highest BCUT2D eigenvalue weighted by Gasteiger charge is 2.30. The average Bonchev–Trinajstić information content (AvgIpc) is 3.04. The van der Waals surface area contributed by atoms with Gasteiger partial charge in [0.1, 0.15) is 5.82 Å². The maximum absolute atomic E-state index is 13.4. The summed E-state index contributed by atoms with van der Waals surface area (Å²) in [6.45, 7) is 0.793. The number of carbonyl (C=O) groups excluding carboxylic acids is 2. The highest BCUT2D eigenvalue weighted by Crippen LogP contribution is 2.26. The van der Waals surface area contributed by atoms with E-state index in [0.717, 1.165) is 6.39 Å². The monoisotopic (exact) mass is 317 g/mol. The Morgan fingerprint density at radius 3 is 2.96 bits per heavy atom. The van der Waals surface area contributed by atoms with Crippen LogP contribution in [0.1, 0.15) is 23.3 Å². The number of nitrogens with two attached hydrogens (primary N) is 1. The van der Waals surface area contributed by atoms with Crippen molar-refractivity contribution in [2.75, 3.05) is 13.1 Å². The van der Waals surface area contributed by atoms with Gasteiger partial charge in [-0.15, -0.1) is 0 Å². The van der Waals surface area contributed by atoms with E-state index in [-0.39, 0.29) is 29.8 Å². The standard InChI is InChI=1S/C16H16FN3O3/c17-12-5-1-3-10(7-12)14-13(19-9-23-14)16(22)20-6-2-4-11(8-20)15(18)21/h1,3,5,7,9,11H,2,4,6,8H2,(H2,18,21). The van der Waals surface area contributed by atoms with Crippen molar-refractivity contribution in [3.63, 3.8) is 0 Å². The molecule has 0 aliphatic carbocycles. The second-order valence-electron chi connectivity index (χ2n) is 5.53. The first-order valence-electron chi connectivity index (χ1n) is 7.34. The Hall–Kier alpha value is -2.70. The smallest absolute Gasteiger partial charge is 0.276 e. The molecule has 2 heterocycles. The Balaban J connectivity index is 1.86. The summed E-state index contributed by atoms with van der Waals surface area (Å²) < 4.78 is 18.7. The fraction of sp³-hybridized carbons (Fsp3) is 0.312. The number of amides is 2. The van der Waals surface area contributed by atoms with Gasteiger partial charge in [0.15, 0.2) is 17.8 Å². The molecular formula is C16H16FN3O3. The van der Waals surface area contributed by atoms with E-state index < -0.39 is 11.7 Å². The molecule has 0 radical (unpaired) electrons. The number of carbonyl (C=O) groups is 2. The number of likely N-dealkylation sites (tertiary alicyclic amines) is 1. The summed E-state index contributed by atoms with van der Waals surface area (Å²) in [5, 5.41) is 0. The maximum Gasteiger partial charge on any atom is 0.276 e. The number of halogens is 1. The molecule has 6 nitrogen and oxygen atoms in total. The molecule has 120 valence electrons. The third-order valence-corrected chi connectivity index (χ3v) is 3.97. The molecule has 2 amide bonds. The van der Waals surface area contributed by atoms with Crippen LogP contribution in [0.5, 0.6) is 0 Å². The van der Waals surface area contributed by atoms with Crippen molar-refractivity contribution in [3.8, 4) is 11.3 Å². The number of aromatic nitrogens is 1. The summed E-state index contributed by atoms with van der Waals surface area (Å²) in [6.07, 6.45) is 2.53. The van der Waals surface area contributed by atoms with Gasteiger partial charge in [0.05, 0.1) is 5.92 Å². The van der Waals surface area contributed by atoms with Crippen LogP contribution in [0, 0.1) is 11.7 Å². The van der Waals surface area contributed by atoms with Crippen molar-refractivity contribution in [2.45, 2.75) is 12.8 Å². The number of nitrogens with zero attached hydrogens (tertiary/aromatic N) is 2. The van der Waals surface area contributed by atoms with E-state index in [1.54, 1.807) is 11.0 Å². The lowest BCUT2D eigenvalue weighted by molar-refractivity contribution is -0.123. The first kappa shape index (κ1) is 15.2. The van der Waals surface area contributed by atoms with Crippen LogP contribution in [0.3, 0.4) is 0 Å². The largest absolute Gasteiger partial charge is 0.443 e. The second kappa shape index (κ2) is 6.20. The van der Waals surface area contributed by atoms with Crippen LogP contribution in [0.2, 0.25) is 0 Å². The van der Waals surface area contributed by atoms with Gasteiger partial charge in [0, 0.05) is 18.7 Å². The lowest BCUT2D eigenvalue weighted by atomic mass is 9.97. The first-order chi connectivity index (χ1) is 11.1. The van der Waals surface area contributed by atoms with E-state index in [1.807, 2.05) is 0 Å². The summed E-state index contributed by atoms with van der Waals surface area (Å²) in [7, 11) is 0. The molecule has 3 rings (SSSR count). The van der Waals surface area contributed by atoms with E-state index in [9.17, 15) is 14.0 Å². The van der Waals surface area contributed by atoms with E-state index in [2.05, 4.69) is 4.98 Å². The molecule has 0 saturated carbocycles. The van der Waals surface area contributed by atoms with Crippen LogP contribution in [0.25, 0.3) is 11.3 Å². The van der Waals surface area contributed by atoms with Gasteiger partial charge in [-0.05, 0) is 25.0 Å². The number of rotatable bonds is 3. The van der Waals surface area contributed by atoms with Gasteiger partial charge in [-0.2, -0.15) is 0 Å². The lowest BCUT2D eigenvalue weighted by Crippen LogP contribution is -2.44. The molecule has 1 fully saturated rings. The van der Waals surface area contributed by atoms with Gasteiger partial charge in [-0.3, -0.25) is 9.59 Å². The van der Waals surface area contributed by atoms with E-state index in [0.29, 0.717) is 24.9 Å². The Labute approximate surface area is 132 Å². The zero-order chi connectivity index (χ0) is 16.4. The molecule has 1 aromatic carbocycles. The lowest BCUT2D eigenvalue weighted by Gasteiger charge is -2.30. The van der Waals surface area contributed by atoms with E-state index in [4.69, 9.17) is 10.2 Å². The molecule has 0 bridgehead atoms. The highest BCUT2D eigenvalue weighted by molar-refractivity contribution is 5.98. The van der Waals surface area contributed by atoms with Gasteiger partial charge < -0.3 is 15.1 Å². The van der Waals surface area contributed by atoms with Crippen LogP contribution in [-0.2, 0) is 4.79 Å². The number of hydrogen-bond acceptors (Lipinski definition) is 4. The molecule has 0 spiro atoms. The quantitative estimate of drug-likeness (QED) is 0.935. The minimum atomic E-state index is -0.427. The van der Waals surface area contributed by atoms with Crippen molar-refractivity contribution in [1.82, 2.24) is 9.88 Å². The SMILES string of the molecule is NC(=O)C1CCCN(C(=O)c2ncoc2-c2cccc(F)c2)C1. The van der Waals surface area contributed by atoms with Crippen LogP contribution in [-0.4, -0.2) is 34.8 Å². The molecule has 1 aliphatic heterocycles. The number of piperidine rings is 1. The number of primary amides is 1. The minimum Gasteiger partial charge on any atom is -0.443 e. The van der Waals surface area contributed by atoms with Crippen LogP contribution in [0.4, 0.5) is 4.39 Å². The van der Waals surface area contributed by atoms with Gasteiger partial charge >= 0.3 is 0 Å². The van der Waals surface area contributed by atoms with Crippen molar-refractivity contribution in [2.24, 2.45) is 11.7 Å². The molecule has 23 heavy (non-hydrogen) atoms. The van der Waals surface area contributed by atoms with Crippen molar-refractivity contribution in [1.29, 1.82) is 0 Å². The first-order valence-corrected chi connectivity index (χ1v) is 7.34. The van der Waals surface area contributed by atoms with Crippen LogP contribution in [0.15, 0.2) is 35.1 Å². The predicted molar refractivity (Wildman–Crippen MR) is 79.7 cm³/mol. The minimum absolute atomic E-state index is 0.112. The Bertz CT molecular complexity index is 744. The van der Waals surface area contributed by atoms with Crippen molar-refractivity contribution >= 4 is 11.8 Å². The van der Waals surface area contributed by atoms with Crippen molar-refractivity contribution in [3.05, 3.63) is 42.2 Å². The van der Waals surface area contributed by atoms with Crippen LogP contribution < -0.4 is 5.73 Å². The van der Waals surface area contributed by atoms with E-state index in [1.165, 1.54) is 18.2 Å². The molecule has 2 N–H and O–H groups in total. The Morgan fingerprint density at radius 2 is 2.22 bits per heavy atom. The van der Waals surface area contributed by atoms with E-state index >= 15 is 0 Å². The van der Waals surface area contributed by atoms with Crippen LogP contribution >= 0.6 is 0 Å². The average molecular weight is 317 g/mol. The third kappa shape index (κ3) is 3.08. The summed E-state index contributed by atoms with van der Waals surface area (Å²) in [4.78, 5) is 29.5. The zero-order valence-corrected chi connectivity index (χ0v) is 12.4. The number of benzene rings is 1. The van der Waals surface area contributed by atoms with Gasteiger partial charge in [0.25, 0.3) is 5.91 Å². The Kier molecular flexibility index (Phi) is 4.10. The number of hydrogen-bond donors (Lipinski definition) is 1. The fourth-order valence-electron chi connectivity index (χ4n) is 2.78. The summed E-state index contributed by atoms with van der Waals surface area (Å²) >= 11 is 0. The molecule has 1 atom stereocenters. The molecule has 1 saturated heterocycles. The molecule has 1 aromatic heterocycles. The van der Waals surface area contributed by atoms with Gasteiger partial charge in [-0.1, -0.05) is 12.1 Å². The fourth-order valence-corrected chi connectivity index (χ4v) is 2.78. The predicted octanol–water partition coefficient (Wildman–Crippen LogP) is 1.82. The second-order valence-corrected chi connectivity index (χ2v) is 5.53. The zero-order valence-electron chi connectivity index (χ0n) is 12.4. The molecule has 1 aliphatic rings. The Morgan fingerprint density at radius 1 is 1.39 bits per heavy atom. The molecular weight excluding hydrogens is 301 g/mol. The van der Waals surface area contributed by atoms with Gasteiger partial charge in [-0.25, -0.2) is 9.37 Å². The summed E-state index contributed by atoms with van der Waals surface area (Å²) in [5.41, 5.74) is 5.88. The topological polar surface area (TPSA) is 89.4 Å². The van der Waals surface area contributed by atoms with Gasteiger partial charge in [0.2, 0.25) is 5.91 Å². The molecule has 7 heteroatoms. The molecule has 2 aromatic rings. The molecule has 1 unspecified atom stereocenters. The normalized spacial score (nSPS) is 18.0. The third-order valence-electron chi connectivity index (χ3n) is 3.97. The maximum atomic E-state index is 13.4. The summed E-state index contributed by atoms with van der Waals surface area (Å²) in [6, 6.07) is 5.76. The summed E-state index contributed by atoms with van der Waals surface area (Å²) in [5.74, 6) is -1.31. The van der Waals surface area contributed by atoms with Crippen molar-refractivity contribution < 1.29 is 18.4 Å².